The second-order valence-corrected chi connectivity index (χ2v) is 4.93. The largest absolute Gasteiger partial charge is 0.478 e. The molecule has 8 nitrogen and oxygen atoms in total. The first-order valence-corrected chi connectivity index (χ1v) is 6.87. The molecule has 0 aliphatic rings. The van der Waals surface area contributed by atoms with Crippen LogP contribution >= 0.6 is 11.6 Å². The number of rotatable bonds is 5. The lowest BCUT2D eigenvalue weighted by Gasteiger charge is -2.10. The minimum atomic E-state index is -1.10. The number of hydrogen-bond donors (Lipinski definition) is 1. The molecule has 0 aromatic carbocycles. The van der Waals surface area contributed by atoms with Crippen molar-refractivity contribution < 1.29 is 19.4 Å². The van der Waals surface area contributed by atoms with Gasteiger partial charge in [-0.05, 0) is 24.6 Å². The van der Waals surface area contributed by atoms with E-state index in [1.807, 2.05) is 0 Å². The zero-order valence-electron chi connectivity index (χ0n) is 12.3. The van der Waals surface area contributed by atoms with E-state index in [0.717, 1.165) is 6.08 Å². The van der Waals surface area contributed by atoms with Crippen LogP contribution in [0, 0.1) is 11.8 Å². The molecule has 0 saturated carbocycles. The fourth-order valence-electron chi connectivity index (χ4n) is 1.77. The van der Waals surface area contributed by atoms with Gasteiger partial charge in [-0.3, -0.25) is 9.78 Å². The highest BCUT2D eigenvalue weighted by molar-refractivity contribution is 6.29. The molecule has 9 heteroatoms. The van der Waals surface area contributed by atoms with Crippen LogP contribution in [0.4, 0.5) is 0 Å². The first-order chi connectivity index (χ1) is 11.4. The Bertz CT molecular complexity index is 851. The summed E-state index contributed by atoms with van der Waals surface area (Å²) >= 11 is 5.79. The summed E-state index contributed by atoms with van der Waals surface area (Å²) in [6.07, 6.45) is 5.21. The summed E-state index contributed by atoms with van der Waals surface area (Å²) in [5.74, 6) is -1.84. The van der Waals surface area contributed by atoms with Gasteiger partial charge in [-0.25, -0.2) is 9.78 Å². The summed E-state index contributed by atoms with van der Waals surface area (Å²) in [6.45, 7) is 1.70. The SMILES string of the molecule is Cc1c(/C=C/C(=O)O)cncc1Oc1cc(C(=O)N=O)cc(Cl)n1. The predicted octanol–water partition coefficient (Wildman–Crippen LogP) is 3.24. The third-order valence-corrected chi connectivity index (χ3v) is 3.12. The van der Waals surface area contributed by atoms with E-state index in [1.165, 1.54) is 30.6 Å². The van der Waals surface area contributed by atoms with Gasteiger partial charge in [0.25, 0.3) is 0 Å². The number of aromatic nitrogens is 2. The van der Waals surface area contributed by atoms with Gasteiger partial charge in [-0.2, -0.15) is 0 Å². The van der Waals surface area contributed by atoms with Crippen LogP contribution in [-0.2, 0) is 4.79 Å². The Hall–Kier alpha value is -3.13. The van der Waals surface area contributed by atoms with Gasteiger partial charge in [-0.1, -0.05) is 11.6 Å². The Morgan fingerprint density at radius 1 is 1.33 bits per heavy atom. The standard InChI is InChI=1S/C15H10ClN3O5/c1-8-9(2-3-14(20)21)6-17-7-11(8)24-13-5-10(15(22)19-23)4-12(16)18-13/h2-7H,1H3,(H,20,21)/b3-2+. The van der Waals surface area contributed by atoms with Crippen LogP contribution in [0.5, 0.6) is 11.6 Å². The van der Waals surface area contributed by atoms with Crippen molar-refractivity contribution in [3.8, 4) is 11.6 Å². The minimum Gasteiger partial charge on any atom is -0.478 e. The molecule has 2 heterocycles. The van der Waals surface area contributed by atoms with E-state index in [0.29, 0.717) is 11.1 Å². The third-order valence-electron chi connectivity index (χ3n) is 2.93. The van der Waals surface area contributed by atoms with Crippen molar-refractivity contribution in [2.45, 2.75) is 6.92 Å². The molecule has 0 radical (unpaired) electrons. The molecule has 1 N–H and O–H groups in total. The molecule has 0 bridgehead atoms. The molecule has 24 heavy (non-hydrogen) atoms. The summed E-state index contributed by atoms with van der Waals surface area (Å²) < 4.78 is 5.54. The lowest BCUT2D eigenvalue weighted by atomic mass is 10.1. The predicted molar refractivity (Wildman–Crippen MR) is 85.1 cm³/mol. The fourth-order valence-corrected chi connectivity index (χ4v) is 1.97. The van der Waals surface area contributed by atoms with Gasteiger partial charge in [0.15, 0.2) is 5.75 Å². The summed E-state index contributed by atoms with van der Waals surface area (Å²) in [5.41, 5.74) is 1.07. The van der Waals surface area contributed by atoms with E-state index in [4.69, 9.17) is 21.4 Å². The Morgan fingerprint density at radius 2 is 2.08 bits per heavy atom. The quantitative estimate of drug-likeness (QED) is 0.501. The van der Waals surface area contributed by atoms with Crippen molar-refractivity contribution in [1.82, 2.24) is 9.97 Å². The zero-order valence-corrected chi connectivity index (χ0v) is 13.0. The second-order valence-electron chi connectivity index (χ2n) is 4.54. The summed E-state index contributed by atoms with van der Waals surface area (Å²) in [7, 11) is 0. The van der Waals surface area contributed by atoms with Crippen LogP contribution in [0.1, 0.15) is 21.5 Å². The molecule has 0 fully saturated rings. The van der Waals surface area contributed by atoms with Gasteiger partial charge in [0.2, 0.25) is 5.88 Å². The maximum atomic E-state index is 11.3. The molecular formula is C15H10ClN3O5. The number of carbonyl (C=O) groups is 2. The van der Waals surface area contributed by atoms with Crippen LogP contribution in [-0.4, -0.2) is 27.0 Å². The molecule has 0 atom stereocenters. The van der Waals surface area contributed by atoms with Gasteiger partial charge >= 0.3 is 11.9 Å². The molecule has 1 amide bonds. The van der Waals surface area contributed by atoms with Gasteiger partial charge < -0.3 is 9.84 Å². The number of carboxylic acids is 1. The zero-order chi connectivity index (χ0) is 17.7. The maximum Gasteiger partial charge on any atom is 0.328 e. The van der Waals surface area contributed by atoms with Gasteiger partial charge in [0.05, 0.1) is 11.8 Å². The number of amides is 1. The van der Waals surface area contributed by atoms with E-state index in [9.17, 15) is 14.5 Å². The van der Waals surface area contributed by atoms with E-state index >= 15 is 0 Å². The lowest BCUT2D eigenvalue weighted by Crippen LogP contribution is -1.98. The van der Waals surface area contributed by atoms with Crippen LogP contribution in [0.15, 0.2) is 35.8 Å². The normalized spacial score (nSPS) is 10.6. The average Bonchev–Trinajstić information content (AvgIpc) is 2.54. The highest BCUT2D eigenvalue weighted by Gasteiger charge is 2.12. The molecule has 0 saturated heterocycles. The minimum absolute atomic E-state index is 0.0289. The molecule has 0 aliphatic heterocycles. The number of nitroso groups, excluding NO2 is 1. The van der Waals surface area contributed by atoms with E-state index in [2.05, 4.69) is 15.1 Å². The highest BCUT2D eigenvalue weighted by Crippen LogP contribution is 2.27. The van der Waals surface area contributed by atoms with Crippen molar-refractivity contribution in [2.75, 3.05) is 0 Å². The lowest BCUT2D eigenvalue weighted by molar-refractivity contribution is -0.131. The Balaban J connectivity index is 2.36. The van der Waals surface area contributed by atoms with Crippen LogP contribution < -0.4 is 4.74 Å². The monoisotopic (exact) mass is 347 g/mol. The first-order valence-electron chi connectivity index (χ1n) is 6.49. The van der Waals surface area contributed by atoms with Crippen LogP contribution in [0.2, 0.25) is 5.15 Å². The number of aliphatic carboxylic acids is 1. The number of pyridine rings is 2. The summed E-state index contributed by atoms with van der Waals surface area (Å²) in [5, 5.41) is 10.9. The Morgan fingerprint density at radius 3 is 2.75 bits per heavy atom. The summed E-state index contributed by atoms with van der Waals surface area (Å²) in [6, 6.07) is 2.41. The van der Waals surface area contributed by atoms with Gasteiger partial charge in [0.1, 0.15) is 5.15 Å². The number of carbonyl (C=O) groups excluding carboxylic acids is 1. The van der Waals surface area contributed by atoms with E-state index < -0.39 is 11.9 Å². The van der Waals surface area contributed by atoms with Crippen LogP contribution in [0.25, 0.3) is 6.08 Å². The van der Waals surface area contributed by atoms with E-state index in [-0.39, 0.29) is 22.3 Å². The molecule has 122 valence electrons. The topological polar surface area (TPSA) is 119 Å². The fraction of sp³-hybridized carbons (Fsp3) is 0.0667. The molecule has 2 rings (SSSR count). The van der Waals surface area contributed by atoms with E-state index in [1.54, 1.807) is 6.92 Å². The number of carboxylic acid groups (broad SMARTS) is 1. The summed E-state index contributed by atoms with van der Waals surface area (Å²) in [4.78, 5) is 40.1. The van der Waals surface area contributed by atoms with Gasteiger partial charge in [0, 0.05) is 29.1 Å². The van der Waals surface area contributed by atoms with Crippen molar-refractivity contribution in [3.05, 3.63) is 57.4 Å². The molecule has 0 spiro atoms. The highest BCUT2D eigenvalue weighted by atomic mass is 35.5. The van der Waals surface area contributed by atoms with Crippen molar-refractivity contribution in [3.63, 3.8) is 0 Å². The third kappa shape index (κ3) is 4.20. The second kappa shape index (κ2) is 7.42. The van der Waals surface area contributed by atoms with Crippen LogP contribution in [0.3, 0.4) is 0 Å². The number of nitrogens with zero attached hydrogens (tertiary/aromatic N) is 3. The van der Waals surface area contributed by atoms with Crippen molar-refractivity contribution >= 4 is 29.6 Å². The number of hydrogen-bond acceptors (Lipinski definition) is 6. The average molecular weight is 348 g/mol. The van der Waals surface area contributed by atoms with Gasteiger partial charge in [-0.15, -0.1) is 4.91 Å². The molecule has 0 unspecified atom stereocenters. The molecular weight excluding hydrogens is 338 g/mol. The maximum absolute atomic E-state index is 11.3. The Labute approximate surface area is 140 Å². The number of ether oxygens (including phenoxy) is 1. The Kier molecular flexibility index (Phi) is 5.33. The van der Waals surface area contributed by atoms with Crippen molar-refractivity contribution in [2.24, 2.45) is 5.18 Å². The first kappa shape index (κ1) is 17.2. The van der Waals surface area contributed by atoms with Crippen molar-refractivity contribution in [1.29, 1.82) is 0 Å². The molecule has 0 aliphatic carbocycles. The molecule has 2 aromatic heterocycles. The number of halogens is 1. The smallest absolute Gasteiger partial charge is 0.328 e. The molecule has 2 aromatic rings.